The molecule has 0 aromatic carbocycles. The summed E-state index contributed by atoms with van der Waals surface area (Å²) in [6, 6.07) is 0.512. The van der Waals surface area contributed by atoms with Gasteiger partial charge in [-0.15, -0.1) is 0 Å². The van der Waals surface area contributed by atoms with Crippen LogP contribution in [0.2, 0.25) is 0 Å². The van der Waals surface area contributed by atoms with Crippen LogP contribution in [0, 0.1) is 17.8 Å². The van der Waals surface area contributed by atoms with E-state index < -0.39 is 0 Å². The van der Waals surface area contributed by atoms with E-state index in [4.69, 9.17) is 4.74 Å². The van der Waals surface area contributed by atoms with Crippen LogP contribution in [0.4, 0.5) is 0 Å². The second kappa shape index (κ2) is 5.43. The van der Waals surface area contributed by atoms with Gasteiger partial charge in [-0.1, -0.05) is 6.92 Å². The van der Waals surface area contributed by atoms with Crippen LogP contribution in [-0.2, 0) is 9.53 Å². The van der Waals surface area contributed by atoms with Crippen molar-refractivity contribution in [3.05, 3.63) is 0 Å². The van der Waals surface area contributed by atoms with Gasteiger partial charge in [0, 0.05) is 19.2 Å². The molecule has 5 atom stereocenters. The van der Waals surface area contributed by atoms with Crippen molar-refractivity contribution in [2.24, 2.45) is 17.8 Å². The third-order valence-electron chi connectivity index (χ3n) is 5.40. The highest BCUT2D eigenvalue weighted by atomic mass is 16.5. The Labute approximate surface area is 116 Å². The van der Waals surface area contributed by atoms with Crippen molar-refractivity contribution in [1.29, 1.82) is 0 Å². The smallest absolute Gasteiger partial charge is 0.251 e. The molecule has 108 valence electrons. The van der Waals surface area contributed by atoms with Gasteiger partial charge in [0.25, 0.3) is 5.91 Å². The monoisotopic (exact) mass is 265 g/mol. The summed E-state index contributed by atoms with van der Waals surface area (Å²) in [5.74, 6) is 2.82. The van der Waals surface area contributed by atoms with Gasteiger partial charge in [0.15, 0.2) is 0 Å². The van der Waals surface area contributed by atoms with Crippen LogP contribution in [0.5, 0.6) is 0 Å². The number of carbonyl (C=O) groups excluding carboxylic acids is 1. The van der Waals surface area contributed by atoms with Crippen molar-refractivity contribution in [2.75, 3.05) is 13.2 Å². The third kappa shape index (κ3) is 2.54. The van der Waals surface area contributed by atoms with E-state index in [0.29, 0.717) is 12.6 Å². The average Bonchev–Trinajstić information content (AvgIpc) is 2.59. The minimum absolute atomic E-state index is 0.208. The zero-order valence-corrected chi connectivity index (χ0v) is 12.3. The largest absolute Gasteiger partial charge is 0.369 e. The number of carbonyl (C=O) groups is 1. The molecule has 2 saturated heterocycles. The number of amides is 1. The normalized spacial score (nSPS) is 38.3. The number of fused-ring (bicyclic) bond motifs is 1. The first-order valence-electron chi connectivity index (χ1n) is 8.13. The van der Waals surface area contributed by atoms with Crippen LogP contribution in [-0.4, -0.2) is 36.1 Å². The first-order chi connectivity index (χ1) is 9.21. The summed E-state index contributed by atoms with van der Waals surface area (Å²) in [4.78, 5) is 14.9. The summed E-state index contributed by atoms with van der Waals surface area (Å²) < 4.78 is 5.64. The number of hydrogen-bond acceptors (Lipinski definition) is 2. The van der Waals surface area contributed by atoms with E-state index in [9.17, 15) is 4.79 Å². The molecule has 0 aromatic rings. The van der Waals surface area contributed by atoms with E-state index in [1.807, 2.05) is 6.92 Å². The molecule has 2 unspecified atom stereocenters. The second-order valence-corrected chi connectivity index (χ2v) is 6.77. The Morgan fingerprint density at radius 2 is 1.74 bits per heavy atom. The first-order valence-corrected chi connectivity index (χ1v) is 8.13. The summed E-state index contributed by atoms with van der Waals surface area (Å²) in [6.45, 7) is 5.67. The molecular formula is C16H27NO2. The van der Waals surface area contributed by atoms with Gasteiger partial charge in [-0.2, -0.15) is 0 Å². The predicted octanol–water partition coefficient (Wildman–Crippen LogP) is 2.84. The van der Waals surface area contributed by atoms with Crippen LogP contribution < -0.4 is 0 Å². The molecule has 19 heavy (non-hydrogen) atoms. The maximum atomic E-state index is 12.7. The van der Waals surface area contributed by atoms with E-state index in [1.54, 1.807) is 0 Å². The highest BCUT2D eigenvalue weighted by molar-refractivity contribution is 5.81. The molecule has 0 radical (unpaired) electrons. The van der Waals surface area contributed by atoms with Gasteiger partial charge in [-0.05, 0) is 63.2 Å². The average molecular weight is 265 g/mol. The van der Waals surface area contributed by atoms with Crippen LogP contribution in [0.1, 0.15) is 52.4 Å². The van der Waals surface area contributed by atoms with E-state index in [1.165, 1.54) is 32.1 Å². The van der Waals surface area contributed by atoms with E-state index in [0.717, 1.165) is 30.7 Å². The Bertz CT molecular complexity index is 330. The topological polar surface area (TPSA) is 29.5 Å². The van der Waals surface area contributed by atoms with Gasteiger partial charge >= 0.3 is 0 Å². The molecule has 4 fully saturated rings. The molecule has 2 heterocycles. The number of ether oxygens (including phenoxy) is 1. The van der Waals surface area contributed by atoms with Crippen LogP contribution in [0.3, 0.4) is 0 Å². The zero-order chi connectivity index (χ0) is 13.4. The maximum absolute atomic E-state index is 12.7. The van der Waals surface area contributed by atoms with Crippen molar-refractivity contribution in [2.45, 2.75) is 64.5 Å². The first kappa shape index (κ1) is 13.4. The molecule has 4 aliphatic rings. The lowest BCUT2D eigenvalue weighted by Gasteiger charge is -2.39. The molecule has 1 amide bonds. The Hall–Kier alpha value is -0.570. The lowest BCUT2D eigenvalue weighted by molar-refractivity contribution is -0.146. The molecule has 4 bridgehead atoms. The van der Waals surface area contributed by atoms with Gasteiger partial charge < -0.3 is 9.64 Å². The summed E-state index contributed by atoms with van der Waals surface area (Å²) >= 11 is 0. The van der Waals surface area contributed by atoms with Crippen molar-refractivity contribution in [3.8, 4) is 0 Å². The molecular weight excluding hydrogens is 238 g/mol. The third-order valence-corrected chi connectivity index (χ3v) is 5.40. The summed E-state index contributed by atoms with van der Waals surface area (Å²) in [7, 11) is 0. The van der Waals surface area contributed by atoms with Gasteiger partial charge in [0.2, 0.25) is 0 Å². The molecule has 2 aliphatic carbocycles. The fraction of sp³-hybridized carbons (Fsp3) is 0.938. The molecule has 0 N–H and O–H groups in total. The standard InChI is InChI=1S/C16H27NO2/c1-3-15(19-4-2)16(18)17-10-13-6-11-5-12(7-13)9-14(17)8-11/h11-15H,3-10H2,1-2H3/t11-,12+,13?,14?,15-/m0/s1. The Morgan fingerprint density at radius 1 is 1.11 bits per heavy atom. The summed E-state index contributed by atoms with van der Waals surface area (Å²) in [5, 5.41) is 0. The minimum atomic E-state index is -0.208. The van der Waals surface area contributed by atoms with Crippen molar-refractivity contribution in [3.63, 3.8) is 0 Å². The molecule has 2 aliphatic heterocycles. The predicted molar refractivity (Wildman–Crippen MR) is 74.8 cm³/mol. The molecule has 0 spiro atoms. The van der Waals surface area contributed by atoms with Crippen molar-refractivity contribution in [1.82, 2.24) is 4.90 Å². The quantitative estimate of drug-likeness (QED) is 0.782. The molecule has 4 rings (SSSR count). The van der Waals surface area contributed by atoms with Crippen molar-refractivity contribution < 1.29 is 9.53 Å². The number of hydrogen-bond donors (Lipinski definition) is 0. The summed E-state index contributed by atoms with van der Waals surface area (Å²) in [5.41, 5.74) is 0. The van der Waals surface area contributed by atoms with E-state index in [2.05, 4.69) is 11.8 Å². The highest BCUT2D eigenvalue weighted by Gasteiger charge is 2.44. The zero-order valence-electron chi connectivity index (χ0n) is 12.3. The fourth-order valence-corrected chi connectivity index (χ4v) is 4.80. The van der Waals surface area contributed by atoms with Gasteiger partial charge in [-0.3, -0.25) is 4.79 Å². The highest BCUT2D eigenvalue weighted by Crippen LogP contribution is 2.47. The Balaban J connectivity index is 1.75. The van der Waals surface area contributed by atoms with Crippen molar-refractivity contribution >= 4 is 5.91 Å². The Kier molecular flexibility index (Phi) is 3.84. The summed E-state index contributed by atoms with van der Waals surface area (Å²) in [6.07, 6.45) is 7.25. The van der Waals surface area contributed by atoms with Crippen LogP contribution in [0.25, 0.3) is 0 Å². The number of nitrogens with zero attached hydrogens (tertiary/aromatic N) is 1. The van der Waals surface area contributed by atoms with Crippen LogP contribution in [0.15, 0.2) is 0 Å². The fourth-order valence-electron chi connectivity index (χ4n) is 4.80. The SMILES string of the molecule is CCO[C@@H](CC)C(=O)N1CC2C[C@@H]3CC1C[C@H](C2)C3. The lowest BCUT2D eigenvalue weighted by Crippen LogP contribution is -2.47. The van der Waals surface area contributed by atoms with Crippen LogP contribution >= 0.6 is 0 Å². The number of rotatable bonds is 4. The molecule has 2 saturated carbocycles. The lowest BCUT2D eigenvalue weighted by atomic mass is 9.68. The molecule has 3 heteroatoms. The minimum Gasteiger partial charge on any atom is -0.369 e. The van der Waals surface area contributed by atoms with Gasteiger partial charge in [-0.25, -0.2) is 0 Å². The maximum Gasteiger partial charge on any atom is 0.251 e. The van der Waals surface area contributed by atoms with Gasteiger partial charge in [0.05, 0.1) is 0 Å². The molecule has 0 aromatic heterocycles. The van der Waals surface area contributed by atoms with E-state index >= 15 is 0 Å². The Morgan fingerprint density at radius 3 is 2.32 bits per heavy atom. The van der Waals surface area contributed by atoms with E-state index in [-0.39, 0.29) is 12.0 Å². The molecule has 3 nitrogen and oxygen atoms in total. The van der Waals surface area contributed by atoms with Gasteiger partial charge in [0.1, 0.15) is 6.10 Å². The second-order valence-electron chi connectivity index (χ2n) is 6.77.